The number of halogens is 2. The van der Waals surface area contributed by atoms with Crippen LogP contribution in [0.2, 0.25) is 0 Å². The largest absolute Gasteiger partial charge is 0.508 e. The second-order valence-corrected chi connectivity index (χ2v) is 6.56. The number of phenolic OH excluding ortho intramolecular Hbond substituents is 2. The van der Waals surface area contributed by atoms with Crippen molar-refractivity contribution in [3.63, 3.8) is 0 Å². The van der Waals surface area contributed by atoms with E-state index in [0.717, 1.165) is 0 Å². The summed E-state index contributed by atoms with van der Waals surface area (Å²) in [5, 5.41) is 26.9. The maximum absolute atomic E-state index is 9.29. The van der Waals surface area contributed by atoms with Crippen molar-refractivity contribution in [3.05, 3.63) is 48.5 Å². The van der Waals surface area contributed by atoms with E-state index in [2.05, 4.69) is 20.2 Å². The fraction of sp³-hybridized carbons (Fsp3) is 0.300. The lowest BCUT2D eigenvalue weighted by molar-refractivity contribution is 0.475. The van der Waals surface area contributed by atoms with Crippen molar-refractivity contribution in [1.29, 1.82) is 0 Å². The van der Waals surface area contributed by atoms with Crippen molar-refractivity contribution in [1.82, 2.24) is 0 Å². The average molecular weight is 455 g/mol. The smallest absolute Gasteiger partial charge is 0.115 e. The molecule has 2 rings (SSSR count). The number of benzene rings is 2. The van der Waals surface area contributed by atoms with Gasteiger partial charge in [-0.2, -0.15) is 10.2 Å². The maximum atomic E-state index is 9.29. The van der Waals surface area contributed by atoms with E-state index in [4.69, 9.17) is 11.5 Å². The SMILES string of the molecule is CC(CN=NCC(C)C(N)=Nc1ccc(O)cc1)C(N)=Nc1ccc(O)cc1.Cl.Cl. The lowest BCUT2D eigenvalue weighted by Crippen LogP contribution is -2.24. The van der Waals surface area contributed by atoms with E-state index in [0.29, 0.717) is 36.1 Å². The zero-order valence-corrected chi connectivity index (χ0v) is 18.5. The summed E-state index contributed by atoms with van der Waals surface area (Å²) in [6, 6.07) is 13.0. The van der Waals surface area contributed by atoms with Crippen LogP contribution in [0.25, 0.3) is 0 Å². The second-order valence-electron chi connectivity index (χ2n) is 6.56. The van der Waals surface area contributed by atoms with Gasteiger partial charge in [0.1, 0.15) is 23.2 Å². The Morgan fingerprint density at radius 1 is 0.700 bits per heavy atom. The van der Waals surface area contributed by atoms with E-state index < -0.39 is 0 Å². The van der Waals surface area contributed by atoms with Crippen molar-refractivity contribution in [2.24, 2.45) is 43.5 Å². The Balaban J connectivity index is 0.00000420. The molecular weight excluding hydrogens is 427 g/mol. The van der Waals surface area contributed by atoms with Crippen LogP contribution in [0.5, 0.6) is 11.5 Å². The molecule has 0 aliphatic heterocycles. The molecule has 0 bridgehead atoms. The number of hydrogen-bond donors (Lipinski definition) is 4. The van der Waals surface area contributed by atoms with Crippen molar-refractivity contribution < 1.29 is 10.2 Å². The van der Waals surface area contributed by atoms with Gasteiger partial charge >= 0.3 is 0 Å². The third kappa shape index (κ3) is 9.11. The van der Waals surface area contributed by atoms with Crippen molar-refractivity contribution in [2.45, 2.75) is 13.8 Å². The minimum atomic E-state index is -0.0733. The first kappa shape index (κ1) is 27.2. The highest BCUT2D eigenvalue weighted by atomic mass is 35.5. The normalized spacial score (nSPS) is 13.9. The van der Waals surface area contributed by atoms with Crippen molar-refractivity contribution in [2.75, 3.05) is 13.1 Å². The summed E-state index contributed by atoms with van der Waals surface area (Å²) in [6.45, 7) is 4.66. The summed E-state index contributed by atoms with van der Waals surface area (Å²) in [6.07, 6.45) is 0. The molecule has 0 aliphatic carbocycles. The molecule has 0 fully saturated rings. The van der Waals surface area contributed by atoms with E-state index in [1.807, 2.05) is 13.8 Å². The molecule has 0 saturated heterocycles. The van der Waals surface area contributed by atoms with Gasteiger partial charge in [-0.25, -0.2) is 9.98 Å². The van der Waals surface area contributed by atoms with Gasteiger partial charge in [0, 0.05) is 11.8 Å². The first-order valence-corrected chi connectivity index (χ1v) is 8.94. The summed E-state index contributed by atoms with van der Waals surface area (Å²) in [7, 11) is 0. The highest BCUT2D eigenvalue weighted by Crippen LogP contribution is 2.18. The third-order valence-corrected chi connectivity index (χ3v) is 4.04. The Morgan fingerprint density at radius 3 is 1.30 bits per heavy atom. The molecule has 2 aromatic carbocycles. The van der Waals surface area contributed by atoms with Crippen LogP contribution in [0, 0.1) is 11.8 Å². The fourth-order valence-corrected chi connectivity index (χ4v) is 2.12. The van der Waals surface area contributed by atoms with Crippen molar-refractivity contribution >= 4 is 47.9 Å². The number of rotatable bonds is 8. The molecule has 0 radical (unpaired) electrons. The topological polar surface area (TPSA) is 142 Å². The minimum Gasteiger partial charge on any atom is -0.508 e. The van der Waals surface area contributed by atoms with Crippen LogP contribution in [-0.4, -0.2) is 35.0 Å². The molecule has 2 atom stereocenters. The van der Waals surface area contributed by atoms with Crippen LogP contribution >= 0.6 is 24.8 Å². The van der Waals surface area contributed by atoms with E-state index in [-0.39, 0.29) is 48.1 Å². The van der Waals surface area contributed by atoms with Gasteiger partial charge in [0.05, 0.1) is 24.5 Å². The molecule has 10 heteroatoms. The Morgan fingerprint density at radius 2 is 1.00 bits per heavy atom. The Labute approximate surface area is 188 Å². The molecule has 164 valence electrons. The molecule has 2 unspecified atom stereocenters. The van der Waals surface area contributed by atoms with Gasteiger partial charge in [0.2, 0.25) is 0 Å². The van der Waals surface area contributed by atoms with Gasteiger partial charge < -0.3 is 21.7 Å². The van der Waals surface area contributed by atoms with Crippen molar-refractivity contribution in [3.8, 4) is 11.5 Å². The zero-order chi connectivity index (χ0) is 20.5. The Hall–Kier alpha value is -2.84. The molecule has 8 nitrogen and oxygen atoms in total. The van der Waals surface area contributed by atoms with Gasteiger partial charge in [-0.1, -0.05) is 13.8 Å². The zero-order valence-electron chi connectivity index (χ0n) is 16.8. The van der Waals surface area contributed by atoms with Crippen LogP contribution < -0.4 is 11.5 Å². The lowest BCUT2D eigenvalue weighted by atomic mass is 10.1. The highest BCUT2D eigenvalue weighted by Gasteiger charge is 2.09. The van der Waals surface area contributed by atoms with E-state index in [1.54, 1.807) is 48.5 Å². The highest BCUT2D eigenvalue weighted by molar-refractivity contribution is 5.86. The number of aliphatic imine (C=N–C) groups is 2. The van der Waals surface area contributed by atoms with E-state index in [1.165, 1.54) is 0 Å². The van der Waals surface area contributed by atoms with Gasteiger partial charge in [-0.15, -0.1) is 24.8 Å². The molecule has 0 heterocycles. The van der Waals surface area contributed by atoms with E-state index in [9.17, 15) is 10.2 Å². The number of azo groups is 1. The predicted octanol–water partition coefficient (Wildman–Crippen LogP) is 4.34. The number of aromatic hydroxyl groups is 2. The Bertz CT molecular complexity index is 783. The van der Waals surface area contributed by atoms with Crippen LogP contribution in [0.15, 0.2) is 68.7 Å². The minimum absolute atomic E-state index is 0. The molecule has 2 aromatic rings. The first-order valence-electron chi connectivity index (χ1n) is 8.94. The monoisotopic (exact) mass is 454 g/mol. The number of phenols is 2. The first-order chi connectivity index (χ1) is 13.3. The molecule has 30 heavy (non-hydrogen) atoms. The lowest BCUT2D eigenvalue weighted by Gasteiger charge is -2.09. The molecule has 0 amide bonds. The fourth-order valence-electron chi connectivity index (χ4n) is 2.12. The summed E-state index contributed by atoms with van der Waals surface area (Å²) >= 11 is 0. The van der Waals surface area contributed by atoms with Crippen LogP contribution in [-0.2, 0) is 0 Å². The summed E-state index contributed by atoms with van der Waals surface area (Å²) in [4.78, 5) is 8.64. The molecular formula is C20H28Cl2N6O2. The quantitative estimate of drug-likeness (QED) is 0.267. The number of amidine groups is 2. The standard InChI is InChI=1S/C20H26N6O2.2ClH/c1-13(19(21)25-15-3-7-17(27)8-4-15)11-23-24-12-14(2)20(22)26-16-5-9-18(28)10-6-16;;/h3-10,13-14,27-28H,11-12H2,1-2H3,(H2,21,25)(H2,22,26);2*1H. The van der Waals surface area contributed by atoms with Gasteiger partial charge in [0.25, 0.3) is 0 Å². The molecule has 6 N–H and O–H groups in total. The van der Waals surface area contributed by atoms with Gasteiger partial charge in [-0.05, 0) is 48.5 Å². The molecule has 0 aromatic heterocycles. The number of nitrogens with two attached hydrogens (primary N) is 2. The molecule has 0 aliphatic rings. The Kier molecular flexibility index (Phi) is 12.1. The summed E-state index contributed by atoms with van der Waals surface area (Å²) in [5.41, 5.74) is 13.4. The molecule has 0 saturated carbocycles. The summed E-state index contributed by atoms with van der Waals surface area (Å²) in [5.74, 6) is 1.12. The van der Waals surface area contributed by atoms with Gasteiger partial charge in [0.15, 0.2) is 0 Å². The van der Waals surface area contributed by atoms with Gasteiger partial charge in [-0.3, -0.25) is 0 Å². The van der Waals surface area contributed by atoms with E-state index >= 15 is 0 Å². The number of nitrogens with zero attached hydrogens (tertiary/aromatic N) is 4. The third-order valence-electron chi connectivity index (χ3n) is 4.04. The number of hydrogen-bond acceptors (Lipinski definition) is 6. The average Bonchev–Trinajstić information content (AvgIpc) is 2.68. The maximum Gasteiger partial charge on any atom is 0.115 e. The predicted molar refractivity (Wildman–Crippen MR) is 126 cm³/mol. The van der Waals surface area contributed by atoms with Crippen LogP contribution in [0.4, 0.5) is 11.4 Å². The second kappa shape index (κ2) is 13.4. The van der Waals surface area contributed by atoms with Crippen LogP contribution in [0.3, 0.4) is 0 Å². The van der Waals surface area contributed by atoms with Crippen LogP contribution in [0.1, 0.15) is 13.8 Å². The summed E-state index contributed by atoms with van der Waals surface area (Å²) < 4.78 is 0. The molecule has 0 spiro atoms.